The topological polar surface area (TPSA) is 12.0 Å². The van der Waals surface area contributed by atoms with E-state index in [0.717, 1.165) is 10.6 Å². The highest BCUT2D eigenvalue weighted by atomic mass is 35.5. The second-order valence-electron chi connectivity index (χ2n) is 2.01. The molecule has 1 N–H and O–H groups in total. The molecule has 1 aromatic carbocycles. The summed E-state index contributed by atoms with van der Waals surface area (Å²) in [5.41, 5.74) is 1.09. The number of hydrogen-bond acceptors (Lipinski definition) is 1. The minimum atomic E-state index is 0.653. The van der Waals surface area contributed by atoms with Gasteiger partial charge in [-0.3, -0.25) is 0 Å². The first-order valence-corrected chi connectivity index (χ1v) is 3.38. The molecule has 0 atom stereocenters. The summed E-state index contributed by atoms with van der Waals surface area (Å²) in [7, 11) is 5.12. The molecule has 1 rings (SSSR count). The zero-order chi connectivity index (χ0) is 7.40. The van der Waals surface area contributed by atoms with Crippen LogP contribution in [-0.2, 0) is 6.54 Å². The van der Waals surface area contributed by atoms with Gasteiger partial charge in [-0.1, -0.05) is 23.7 Å². The molecule has 0 saturated carbocycles. The van der Waals surface area contributed by atoms with Crippen LogP contribution >= 0.6 is 11.6 Å². The molecule has 10 heavy (non-hydrogen) atoms. The molecule has 0 aromatic heterocycles. The van der Waals surface area contributed by atoms with E-state index in [-0.39, 0.29) is 0 Å². The van der Waals surface area contributed by atoms with Gasteiger partial charge in [-0.15, -0.1) is 0 Å². The Morgan fingerprint density at radius 2 is 2.30 bits per heavy atom. The van der Waals surface area contributed by atoms with Gasteiger partial charge in [0, 0.05) is 18.6 Å². The van der Waals surface area contributed by atoms with Crippen molar-refractivity contribution >= 4 is 11.6 Å². The van der Waals surface area contributed by atoms with Crippen LogP contribution < -0.4 is 5.32 Å². The van der Waals surface area contributed by atoms with Gasteiger partial charge >= 0.3 is 0 Å². The summed E-state index contributed by atoms with van der Waals surface area (Å²) in [4.78, 5) is 0. The molecule has 0 unspecified atom stereocenters. The maximum absolute atomic E-state index is 5.71. The molecule has 0 bridgehead atoms. The lowest BCUT2D eigenvalue weighted by Gasteiger charge is -1.97. The normalized spacial score (nSPS) is 9.80. The van der Waals surface area contributed by atoms with Crippen LogP contribution in [0.1, 0.15) is 5.56 Å². The monoisotopic (exact) mass is 153 g/mol. The van der Waals surface area contributed by atoms with Gasteiger partial charge in [0.1, 0.15) is 0 Å². The van der Waals surface area contributed by atoms with Crippen molar-refractivity contribution in [1.82, 2.24) is 5.32 Å². The first kappa shape index (κ1) is 7.58. The van der Waals surface area contributed by atoms with Crippen molar-refractivity contribution in [3.63, 3.8) is 0 Å². The quantitative estimate of drug-likeness (QED) is 0.642. The minimum absolute atomic E-state index is 0.653. The fourth-order valence-corrected chi connectivity index (χ4v) is 0.978. The fraction of sp³-hybridized carbons (Fsp3) is 0.125. The van der Waals surface area contributed by atoms with Gasteiger partial charge in [-0.2, -0.15) is 0 Å². The van der Waals surface area contributed by atoms with Crippen LogP contribution in [0.15, 0.2) is 24.3 Å². The van der Waals surface area contributed by atoms with E-state index in [1.807, 2.05) is 24.3 Å². The molecule has 0 spiro atoms. The summed E-state index contributed by atoms with van der Waals surface area (Å²) >= 11 is 5.71. The Balaban J connectivity index is 2.75. The van der Waals surface area contributed by atoms with Crippen molar-refractivity contribution in [2.45, 2.75) is 6.54 Å². The van der Waals surface area contributed by atoms with Gasteiger partial charge in [0.15, 0.2) is 0 Å². The van der Waals surface area contributed by atoms with Crippen LogP contribution in [0.5, 0.6) is 0 Å². The molecule has 1 nitrogen and oxygen atoms in total. The van der Waals surface area contributed by atoms with Crippen LogP contribution in [-0.4, -0.2) is 0 Å². The second-order valence-corrected chi connectivity index (χ2v) is 2.45. The Kier molecular flexibility index (Phi) is 2.72. The third kappa shape index (κ3) is 2.01. The van der Waals surface area contributed by atoms with Crippen LogP contribution in [0.2, 0.25) is 5.02 Å². The molecule has 0 aliphatic rings. The molecule has 0 heterocycles. The van der Waals surface area contributed by atoms with Gasteiger partial charge in [0.25, 0.3) is 0 Å². The molecule has 52 valence electrons. The Hall–Kier alpha value is -0.530. The third-order valence-corrected chi connectivity index (χ3v) is 1.43. The summed E-state index contributed by atoms with van der Waals surface area (Å²) in [5.74, 6) is 0. The number of hydrogen-bond donors (Lipinski definition) is 1. The first-order valence-electron chi connectivity index (χ1n) is 3.01. The molecule has 2 radical (unpaired) electrons. The summed E-state index contributed by atoms with van der Waals surface area (Å²) < 4.78 is 0. The molecule has 1 aromatic rings. The Morgan fingerprint density at radius 1 is 1.50 bits per heavy atom. The Bertz CT molecular complexity index is 210. The van der Waals surface area contributed by atoms with Gasteiger partial charge in [0.05, 0.1) is 0 Å². The lowest BCUT2D eigenvalue weighted by molar-refractivity contribution is 0.866. The van der Waals surface area contributed by atoms with Crippen molar-refractivity contribution in [3.8, 4) is 0 Å². The lowest BCUT2D eigenvalue weighted by atomic mass is 10.2. The van der Waals surface area contributed by atoms with Crippen molar-refractivity contribution in [1.29, 1.82) is 0 Å². The highest BCUT2D eigenvalue weighted by Gasteiger charge is 1.89. The Morgan fingerprint density at radius 3 is 2.90 bits per heavy atom. The van der Waals surface area contributed by atoms with Crippen molar-refractivity contribution in [2.24, 2.45) is 0 Å². The van der Waals surface area contributed by atoms with Crippen LogP contribution in [0.4, 0.5) is 0 Å². The standard InChI is InChI=1S/C8H8ClN/c1-10-6-7-3-2-4-8(9)5-7/h1-5,10H,6H2. The number of nitrogens with one attached hydrogen (secondary N) is 1. The summed E-state index contributed by atoms with van der Waals surface area (Å²) in [6, 6.07) is 7.57. The highest BCUT2D eigenvalue weighted by molar-refractivity contribution is 6.30. The summed E-state index contributed by atoms with van der Waals surface area (Å²) in [6.07, 6.45) is 0. The predicted octanol–water partition coefficient (Wildman–Crippen LogP) is 2.10. The van der Waals surface area contributed by atoms with Crippen molar-refractivity contribution < 1.29 is 0 Å². The molecular formula is C8H8ClN. The highest BCUT2D eigenvalue weighted by Crippen LogP contribution is 2.09. The maximum atomic E-state index is 5.71. The largest absolute Gasteiger partial charge is 0.307 e. The zero-order valence-electron chi connectivity index (χ0n) is 5.47. The number of halogens is 1. The van der Waals surface area contributed by atoms with Gasteiger partial charge in [-0.05, 0) is 17.7 Å². The van der Waals surface area contributed by atoms with Crippen molar-refractivity contribution in [2.75, 3.05) is 0 Å². The molecule has 0 amide bonds. The van der Waals surface area contributed by atoms with E-state index in [2.05, 4.69) is 5.32 Å². The van der Waals surface area contributed by atoms with E-state index < -0.39 is 0 Å². The van der Waals surface area contributed by atoms with E-state index in [1.165, 1.54) is 0 Å². The molecule has 0 saturated heterocycles. The van der Waals surface area contributed by atoms with Crippen molar-refractivity contribution in [3.05, 3.63) is 41.9 Å². The first-order chi connectivity index (χ1) is 4.83. The SMILES string of the molecule is [CH]NCc1cccc(Cl)c1. The predicted molar refractivity (Wildman–Crippen MR) is 42.6 cm³/mol. The number of benzene rings is 1. The average molecular weight is 154 g/mol. The van der Waals surface area contributed by atoms with Crippen LogP contribution in [0, 0.1) is 7.05 Å². The molecular weight excluding hydrogens is 146 g/mol. The third-order valence-electron chi connectivity index (χ3n) is 1.20. The minimum Gasteiger partial charge on any atom is -0.307 e. The smallest absolute Gasteiger partial charge is 0.0410 e. The van der Waals surface area contributed by atoms with E-state index in [4.69, 9.17) is 18.6 Å². The van der Waals surface area contributed by atoms with E-state index in [9.17, 15) is 0 Å². The van der Waals surface area contributed by atoms with Gasteiger partial charge < -0.3 is 5.32 Å². The molecule has 0 aliphatic carbocycles. The molecule has 0 fully saturated rings. The zero-order valence-corrected chi connectivity index (χ0v) is 6.23. The summed E-state index contributed by atoms with van der Waals surface area (Å²) in [5, 5.41) is 3.30. The Labute approximate surface area is 66.0 Å². The van der Waals surface area contributed by atoms with Gasteiger partial charge in [-0.25, -0.2) is 0 Å². The molecule has 2 heteroatoms. The second kappa shape index (κ2) is 3.59. The van der Waals surface area contributed by atoms with E-state index >= 15 is 0 Å². The summed E-state index contributed by atoms with van der Waals surface area (Å²) in [6.45, 7) is 0.653. The van der Waals surface area contributed by atoms with E-state index in [0.29, 0.717) is 6.54 Å². The maximum Gasteiger partial charge on any atom is 0.0410 e. The number of rotatable bonds is 2. The van der Waals surface area contributed by atoms with Gasteiger partial charge in [0.2, 0.25) is 0 Å². The van der Waals surface area contributed by atoms with Crippen LogP contribution in [0.25, 0.3) is 0 Å². The van der Waals surface area contributed by atoms with Crippen LogP contribution in [0.3, 0.4) is 0 Å². The average Bonchev–Trinajstić information content (AvgIpc) is 1.88. The lowest BCUT2D eigenvalue weighted by Crippen LogP contribution is -2.01. The fourth-order valence-electron chi connectivity index (χ4n) is 0.765. The molecule has 0 aliphatic heterocycles. The van der Waals surface area contributed by atoms with E-state index in [1.54, 1.807) is 0 Å².